The first kappa shape index (κ1) is 18.0. The summed E-state index contributed by atoms with van der Waals surface area (Å²) < 4.78 is 37.6. The fraction of sp³-hybridized carbons (Fsp3) is 0.538. The van der Waals surface area contributed by atoms with Gasteiger partial charge in [0.2, 0.25) is 10.0 Å². The number of nitrogens with one attached hydrogen (secondary N) is 1. The average Bonchev–Trinajstić information content (AvgIpc) is 3.28. The van der Waals surface area contributed by atoms with Crippen molar-refractivity contribution < 1.29 is 17.9 Å². The molecule has 1 aliphatic carbocycles. The lowest BCUT2D eigenvalue weighted by molar-refractivity contribution is 0.354. The van der Waals surface area contributed by atoms with E-state index in [1.807, 2.05) is 0 Å². The summed E-state index contributed by atoms with van der Waals surface area (Å²) >= 11 is 0. The molecule has 21 heavy (non-hydrogen) atoms. The molecule has 3 N–H and O–H groups in total. The summed E-state index contributed by atoms with van der Waals surface area (Å²) in [5, 5.41) is 0. The second-order valence-electron chi connectivity index (χ2n) is 4.82. The van der Waals surface area contributed by atoms with Crippen molar-refractivity contribution in [3.8, 4) is 11.5 Å². The minimum Gasteiger partial charge on any atom is -0.493 e. The van der Waals surface area contributed by atoms with Gasteiger partial charge in [0.15, 0.2) is 11.5 Å². The Kier molecular flexibility index (Phi) is 6.27. The molecule has 1 aliphatic rings. The van der Waals surface area contributed by atoms with E-state index in [1.54, 1.807) is 6.07 Å². The molecule has 8 heteroatoms. The van der Waals surface area contributed by atoms with Crippen LogP contribution in [0.5, 0.6) is 11.5 Å². The molecule has 1 aromatic rings. The number of halogens is 1. The van der Waals surface area contributed by atoms with E-state index in [2.05, 4.69) is 4.72 Å². The number of nitrogens with two attached hydrogens (primary N) is 1. The molecule has 0 amide bonds. The van der Waals surface area contributed by atoms with Crippen LogP contribution in [0.1, 0.15) is 12.8 Å². The van der Waals surface area contributed by atoms with Crippen molar-refractivity contribution >= 4 is 22.4 Å². The monoisotopic (exact) mass is 336 g/mol. The second-order valence-corrected chi connectivity index (χ2v) is 6.53. The molecule has 0 heterocycles. The van der Waals surface area contributed by atoms with Crippen molar-refractivity contribution in [3.63, 3.8) is 0 Å². The van der Waals surface area contributed by atoms with Crippen LogP contribution in [-0.4, -0.2) is 35.2 Å². The third-order valence-corrected chi connectivity index (χ3v) is 4.90. The highest BCUT2D eigenvalue weighted by molar-refractivity contribution is 7.89. The van der Waals surface area contributed by atoms with E-state index in [4.69, 9.17) is 15.2 Å². The molecule has 1 atom stereocenters. The zero-order valence-corrected chi connectivity index (χ0v) is 13.7. The van der Waals surface area contributed by atoms with Crippen LogP contribution in [0.2, 0.25) is 0 Å². The third kappa shape index (κ3) is 4.23. The Hall–Kier alpha value is -1.02. The van der Waals surface area contributed by atoms with E-state index in [9.17, 15) is 8.42 Å². The van der Waals surface area contributed by atoms with Crippen LogP contribution in [0, 0.1) is 5.92 Å². The molecule has 0 spiro atoms. The smallest absolute Gasteiger partial charge is 0.241 e. The first-order valence-corrected chi connectivity index (χ1v) is 7.94. The van der Waals surface area contributed by atoms with Gasteiger partial charge < -0.3 is 15.2 Å². The van der Waals surface area contributed by atoms with Gasteiger partial charge in [-0.05, 0) is 30.9 Å². The van der Waals surface area contributed by atoms with Crippen LogP contribution in [0.4, 0.5) is 0 Å². The molecule has 0 aromatic heterocycles. The van der Waals surface area contributed by atoms with Gasteiger partial charge in [0.25, 0.3) is 0 Å². The third-order valence-electron chi connectivity index (χ3n) is 3.42. The van der Waals surface area contributed by atoms with Crippen molar-refractivity contribution in [2.75, 3.05) is 20.8 Å². The normalized spacial score (nSPS) is 16.0. The van der Waals surface area contributed by atoms with Crippen LogP contribution >= 0.6 is 12.4 Å². The quantitative estimate of drug-likeness (QED) is 0.779. The Morgan fingerprint density at radius 2 is 1.90 bits per heavy atom. The highest BCUT2D eigenvalue weighted by Crippen LogP contribution is 2.34. The molecule has 0 bridgehead atoms. The second kappa shape index (κ2) is 7.31. The number of sulfonamides is 1. The van der Waals surface area contributed by atoms with E-state index in [0.29, 0.717) is 24.0 Å². The summed E-state index contributed by atoms with van der Waals surface area (Å²) in [6.07, 6.45) is 2.05. The summed E-state index contributed by atoms with van der Waals surface area (Å²) in [5.41, 5.74) is 5.63. The molecule has 0 aliphatic heterocycles. The van der Waals surface area contributed by atoms with E-state index < -0.39 is 10.0 Å². The predicted octanol–water partition coefficient (Wildman–Crippen LogP) is 1.14. The SMILES string of the molecule is COc1ccc(S(=O)(=O)NC(CN)C2CC2)cc1OC.Cl. The standard InChI is InChI=1S/C13H20N2O4S.ClH/c1-18-12-6-5-10(7-13(12)19-2)20(16,17)15-11(8-14)9-3-4-9;/h5-7,9,11,15H,3-4,8,14H2,1-2H3;1H. The van der Waals surface area contributed by atoms with Crippen LogP contribution in [0.3, 0.4) is 0 Å². The van der Waals surface area contributed by atoms with Gasteiger partial charge in [0, 0.05) is 18.7 Å². The number of hydrogen-bond acceptors (Lipinski definition) is 5. The molecule has 0 saturated heterocycles. The Labute approximate surface area is 131 Å². The van der Waals surface area contributed by atoms with E-state index in [-0.39, 0.29) is 23.3 Å². The Balaban J connectivity index is 0.00000220. The minimum absolute atomic E-state index is 0. The molecule has 1 saturated carbocycles. The van der Waals surface area contributed by atoms with Crippen molar-refractivity contribution in [1.29, 1.82) is 0 Å². The molecule has 120 valence electrons. The van der Waals surface area contributed by atoms with Crippen molar-refractivity contribution in [2.45, 2.75) is 23.8 Å². The summed E-state index contributed by atoms with van der Waals surface area (Å²) in [4.78, 5) is 0.147. The molecule has 1 unspecified atom stereocenters. The lowest BCUT2D eigenvalue weighted by Gasteiger charge is -2.17. The summed E-state index contributed by atoms with van der Waals surface area (Å²) in [6, 6.07) is 4.31. The van der Waals surface area contributed by atoms with E-state index in [0.717, 1.165) is 12.8 Å². The fourth-order valence-corrected chi connectivity index (χ4v) is 3.42. The van der Waals surface area contributed by atoms with Gasteiger partial charge in [-0.15, -0.1) is 12.4 Å². The lowest BCUT2D eigenvalue weighted by atomic mass is 10.2. The number of hydrogen-bond donors (Lipinski definition) is 2. The van der Waals surface area contributed by atoms with Gasteiger partial charge in [-0.3, -0.25) is 0 Å². The predicted molar refractivity (Wildman–Crippen MR) is 82.7 cm³/mol. The molecule has 0 radical (unpaired) electrons. The molecular formula is C13H21ClN2O4S. The Bertz CT molecular complexity index is 576. The number of benzene rings is 1. The summed E-state index contributed by atoms with van der Waals surface area (Å²) in [6.45, 7) is 0.303. The topological polar surface area (TPSA) is 90.7 Å². The van der Waals surface area contributed by atoms with Crippen molar-refractivity contribution in [1.82, 2.24) is 4.72 Å². The average molecular weight is 337 g/mol. The van der Waals surface area contributed by atoms with Gasteiger partial charge in [-0.25, -0.2) is 13.1 Å². The minimum atomic E-state index is -3.60. The number of rotatable bonds is 7. The van der Waals surface area contributed by atoms with Crippen molar-refractivity contribution in [2.24, 2.45) is 11.7 Å². The van der Waals surface area contributed by atoms with E-state index in [1.165, 1.54) is 26.4 Å². The maximum atomic E-state index is 12.3. The van der Waals surface area contributed by atoms with Crippen LogP contribution in [-0.2, 0) is 10.0 Å². The number of methoxy groups -OCH3 is 2. The molecule has 1 fully saturated rings. The molecule has 2 rings (SSSR count). The highest BCUT2D eigenvalue weighted by atomic mass is 35.5. The zero-order valence-electron chi connectivity index (χ0n) is 12.0. The molecular weight excluding hydrogens is 316 g/mol. The van der Waals surface area contributed by atoms with Gasteiger partial charge in [-0.2, -0.15) is 0 Å². The van der Waals surface area contributed by atoms with Crippen LogP contribution in [0.25, 0.3) is 0 Å². The molecule has 1 aromatic carbocycles. The maximum Gasteiger partial charge on any atom is 0.241 e. The largest absolute Gasteiger partial charge is 0.493 e. The van der Waals surface area contributed by atoms with E-state index >= 15 is 0 Å². The maximum absolute atomic E-state index is 12.3. The van der Waals surface area contributed by atoms with Crippen LogP contribution in [0.15, 0.2) is 23.1 Å². The first-order valence-electron chi connectivity index (χ1n) is 6.46. The van der Waals surface area contributed by atoms with Gasteiger partial charge in [0.05, 0.1) is 19.1 Å². The lowest BCUT2D eigenvalue weighted by Crippen LogP contribution is -2.41. The first-order chi connectivity index (χ1) is 9.51. The van der Waals surface area contributed by atoms with Gasteiger partial charge >= 0.3 is 0 Å². The Morgan fingerprint density at radius 1 is 1.29 bits per heavy atom. The Morgan fingerprint density at radius 3 is 2.38 bits per heavy atom. The van der Waals surface area contributed by atoms with Gasteiger partial charge in [0.1, 0.15) is 0 Å². The van der Waals surface area contributed by atoms with Crippen molar-refractivity contribution in [3.05, 3.63) is 18.2 Å². The zero-order chi connectivity index (χ0) is 14.8. The van der Waals surface area contributed by atoms with Crippen LogP contribution < -0.4 is 19.9 Å². The molecule has 6 nitrogen and oxygen atoms in total. The summed E-state index contributed by atoms with van der Waals surface area (Å²) in [7, 11) is -0.631. The van der Waals surface area contributed by atoms with Gasteiger partial charge in [-0.1, -0.05) is 0 Å². The summed E-state index contributed by atoms with van der Waals surface area (Å²) in [5.74, 6) is 1.23. The number of ether oxygens (including phenoxy) is 2. The highest BCUT2D eigenvalue weighted by Gasteiger charge is 2.33. The fourth-order valence-electron chi connectivity index (χ4n) is 2.09.